The van der Waals surface area contributed by atoms with Crippen LogP contribution in [0.4, 0.5) is 0 Å². The molecule has 6 unspecified atom stereocenters. The summed E-state index contributed by atoms with van der Waals surface area (Å²) in [5.41, 5.74) is -0.419. The van der Waals surface area contributed by atoms with Gasteiger partial charge < -0.3 is 14.6 Å². The van der Waals surface area contributed by atoms with Crippen molar-refractivity contribution in [3.05, 3.63) is 0 Å². The average Bonchev–Trinajstić information content (AvgIpc) is 2.84. The quantitative estimate of drug-likeness (QED) is 0.764. The summed E-state index contributed by atoms with van der Waals surface area (Å²) in [4.78, 5) is 13.2. The second-order valence-corrected chi connectivity index (χ2v) is 9.63. The monoisotopic (exact) mass is 350 g/mol. The molecule has 4 heteroatoms. The number of carbonyl (C=O) groups is 1. The molecule has 0 aromatic rings. The lowest BCUT2D eigenvalue weighted by atomic mass is 9.55. The Balaban J connectivity index is 1.51. The molecule has 142 valence electrons. The van der Waals surface area contributed by atoms with Gasteiger partial charge in [0, 0.05) is 6.42 Å². The van der Waals surface area contributed by atoms with Crippen molar-refractivity contribution in [1.82, 2.24) is 0 Å². The van der Waals surface area contributed by atoms with Crippen molar-refractivity contribution in [1.29, 1.82) is 0 Å². The van der Waals surface area contributed by atoms with Crippen LogP contribution < -0.4 is 0 Å². The van der Waals surface area contributed by atoms with Crippen molar-refractivity contribution >= 4 is 5.97 Å². The maximum absolute atomic E-state index is 13.2. The van der Waals surface area contributed by atoms with Crippen molar-refractivity contribution in [2.75, 3.05) is 0 Å². The minimum atomic E-state index is -0.980. The van der Waals surface area contributed by atoms with Crippen LogP contribution in [0.15, 0.2) is 0 Å². The first kappa shape index (κ1) is 17.8. The lowest BCUT2D eigenvalue weighted by molar-refractivity contribution is -0.187. The minimum absolute atomic E-state index is 0.0427. The molecular weight excluding hydrogens is 316 g/mol. The third-order valence-electron chi connectivity index (χ3n) is 7.45. The molecule has 3 saturated carbocycles. The molecule has 4 nitrogen and oxygen atoms in total. The van der Waals surface area contributed by atoms with Crippen LogP contribution in [0.1, 0.15) is 78.1 Å². The van der Waals surface area contributed by atoms with E-state index in [1.165, 1.54) is 57.8 Å². The molecule has 4 fully saturated rings. The summed E-state index contributed by atoms with van der Waals surface area (Å²) in [6.45, 7) is 3.89. The Labute approximate surface area is 151 Å². The number of hydrogen-bond acceptors (Lipinski definition) is 4. The van der Waals surface area contributed by atoms with Gasteiger partial charge in [-0.1, -0.05) is 38.5 Å². The number of carbonyl (C=O) groups excluding carboxylic acids is 1. The Morgan fingerprint density at radius 3 is 2.08 bits per heavy atom. The normalized spacial score (nSPS) is 46.1. The Hall–Kier alpha value is -0.610. The number of aliphatic hydroxyl groups is 1. The van der Waals surface area contributed by atoms with E-state index >= 15 is 0 Å². The third-order valence-corrected chi connectivity index (χ3v) is 7.45. The van der Waals surface area contributed by atoms with Crippen molar-refractivity contribution in [3.63, 3.8) is 0 Å². The van der Waals surface area contributed by atoms with Gasteiger partial charge in [-0.25, -0.2) is 0 Å². The average molecular weight is 350 g/mol. The molecule has 1 saturated heterocycles. The van der Waals surface area contributed by atoms with Gasteiger partial charge in [-0.15, -0.1) is 0 Å². The van der Waals surface area contributed by atoms with E-state index in [0.29, 0.717) is 30.1 Å². The molecule has 0 aromatic carbocycles. The molecule has 0 amide bonds. The lowest BCUT2D eigenvalue weighted by Crippen LogP contribution is -2.48. The summed E-state index contributed by atoms with van der Waals surface area (Å²) in [7, 11) is 0. The Morgan fingerprint density at radius 2 is 1.56 bits per heavy atom. The number of aliphatic hydroxyl groups excluding tert-OH is 1. The van der Waals surface area contributed by atoms with Crippen molar-refractivity contribution < 1.29 is 19.4 Å². The van der Waals surface area contributed by atoms with Gasteiger partial charge in [0.05, 0.1) is 11.5 Å². The first-order chi connectivity index (χ1) is 11.9. The third kappa shape index (κ3) is 3.49. The van der Waals surface area contributed by atoms with E-state index in [0.717, 1.165) is 0 Å². The van der Waals surface area contributed by atoms with Crippen LogP contribution in [0, 0.1) is 29.6 Å². The fraction of sp³-hybridized carbons (Fsp3) is 0.952. The molecule has 1 aliphatic heterocycles. The van der Waals surface area contributed by atoms with Crippen molar-refractivity contribution in [2.45, 2.75) is 96.1 Å². The van der Waals surface area contributed by atoms with Crippen LogP contribution in [0.3, 0.4) is 0 Å². The van der Waals surface area contributed by atoms with E-state index in [2.05, 4.69) is 0 Å². The first-order valence-corrected chi connectivity index (χ1v) is 10.5. The summed E-state index contributed by atoms with van der Waals surface area (Å²) in [5, 5.41) is 10.1. The highest BCUT2D eigenvalue weighted by molar-refractivity contribution is 5.74. The van der Waals surface area contributed by atoms with E-state index in [-0.39, 0.29) is 11.9 Å². The molecule has 0 spiro atoms. The fourth-order valence-electron chi connectivity index (χ4n) is 6.42. The van der Waals surface area contributed by atoms with Gasteiger partial charge in [-0.05, 0) is 56.8 Å². The zero-order valence-electron chi connectivity index (χ0n) is 15.8. The zero-order chi connectivity index (χ0) is 17.6. The molecule has 4 aliphatic rings. The molecule has 0 radical (unpaired) electrons. The van der Waals surface area contributed by atoms with Gasteiger partial charge in [0.15, 0.2) is 12.4 Å². The van der Waals surface area contributed by atoms with Gasteiger partial charge in [0.25, 0.3) is 0 Å². The van der Waals surface area contributed by atoms with Crippen LogP contribution in [-0.4, -0.2) is 29.1 Å². The maximum atomic E-state index is 13.2. The zero-order valence-corrected chi connectivity index (χ0v) is 15.8. The van der Waals surface area contributed by atoms with Gasteiger partial charge in [-0.2, -0.15) is 0 Å². The van der Waals surface area contributed by atoms with Gasteiger partial charge in [0.1, 0.15) is 0 Å². The maximum Gasteiger partial charge on any atom is 0.309 e. The summed E-state index contributed by atoms with van der Waals surface area (Å²) >= 11 is 0. The van der Waals surface area contributed by atoms with E-state index in [1.54, 1.807) is 0 Å². The topological polar surface area (TPSA) is 55.8 Å². The molecule has 1 heterocycles. The highest BCUT2D eigenvalue weighted by atomic mass is 16.7. The van der Waals surface area contributed by atoms with E-state index < -0.39 is 18.0 Å². The van der Waals surface area contributed by atoms with Gasteiger partial charge in [0.2, 0.25) is 0 Å². The highest BCUT2D eigenvalue weighted by Crippen LogP contribution is 2.53. The smallest absolute Gasteiger partial charge is 0.309 e. The van der Waals surface area contributed by atoms with Crippen LogP contribution in [0.5, 0.6) is 0 Å². The summed E-state index contributed by atoms with van der Waals surface area (Å²) in [5.74, 6) is 2.46. The minimum Gasteiger partial charge on any atom is -0.457 e. The number of ether oxygens (including phenoxy) is 2. The molecule has 1 N–H and O–H groups in total. The second kappa shape index (κ2) is 6.84. The van der Waals surface area contributed by atoms with Crippen LogP contribution >= 0.6 is 0 Å². The Morgan fingerprint density at radius 1 is 1.00 bits per heavy atom. The number of fused-ring (bicyclic) bond motifs is 2. The number of rotatable bonds is 2. The standard InChI is InChI=1S/C21H34O4/c1-21(2)12-17(19(22)25-21)24-20(23)18-15-9-5-3-7-13(15)11-14-8-4-6-10-16(14)18/h13-19,22H,3-12H2,1-2H3. The van der Waals surface area contributed by atoms with Crippen LogP contribution in [-0.2, 0) is 14.3 Å². The molecule has 4 rings (SSSR count). The summed E-state index contributed by atoms with van der Waals surface area (Å²) in [6, 6.07) is 0. The molecular formula is C21H34O4. The van der Waals surface area contributed by atoms with Gasteiger partial charge in [-0.3, -0.25) is 4.79 Å². The predicted octanol–water partition coefficient (Wildman–Crippen LogP) is 4.05. The van der Waals surface area contributed by atoms with Crippen LogP contribution in [0.25, 0.3) is 0 Å². The van der Waals surface area contributed by atoms with Crippen LogP contribution in [0.2, 0.25) is 0 Å². The fourth-order valence-corrected chi connectivity index (χ4v) is 6.42. The van der Waals surface area contributed by atoms with E-state index in [4.69, 9.17) is 9.47 Å². The molecule has 25 heavy (non-hydrogen) atoms. The summed E-state index contributed by atoms with van der Waals surface area (Å²) in [6.07, 6.45) is 10.5. The predicted molar refractivity (Wildman–Crippen MR) is 94.7 cm³/mol. The SMILES string of the molecule is CC1(C)CC(OC(=O)C2C3CCCCC3CC3CCCCC32)C(O)O1. The Kier molecular flexibility index (Phi) is 4.87. The molecule has 3 aliphatic carbocycles. The van der Waals surface area contributed by atoms with Crippen molar-refractivity contribution in [2.24, 2.45) is 29.6 Å². The lowest BCUT2D eigenvalue weighted by Gasteiger charge is -2.50. The number of hydrogen-bond donors (Lipinski definition) is 1. The van der Waals surface area contributed by atoms with Gasteiger partial charge >= 0.3 is 5.97 Å². The molecule has 0 aromatic heterocycles. The Bertz CT molecular complexity index is 480. The van der Waals surface area contributed by atoms with Crippen molar-refractivity contribution in [3.8, 4) is 0 Å². The second-order valence-electron chi connectivity index (χ2n) is 9.63. The summed E-state index contributed by atoms with van der Waals surface area (Å²) < 4.78 is 11.4. The molecule has 0 bridgehead atoms. The highest BCUT2D eigenvalue weighted by Gasteiger charge is 2.51. The van der Waals surface area contributed by atoms with E-state index in [9.17, 15) is 9.90 Å². The first-order valence-electron chi connectivity index (χ1n) is 10.5. The number of esters is 1. The molecule has 6 atom stereocenters. The van der Waals surface area contributed by atoms with E-state index in [1.807, 2.05) is 13.8 Å². The largest absolute Gasteiger partial charge is 0.457 e.